The van der Waals surface area contributed by atoms with E-state index in [1.54, 1.807) is 0 Å². The largest absolute Gasteiger partial charge is 0.396 e. The van der Waals surface area contributed by atoms with Crippen LogP contribution in [0.2, 0.25) is 0 Å². The van der Waals surface area contributed by atoms with Crippen LogP contribution in [0.3, 0.4) is 0 Å². The van der Waals surface area contributed by atoms with Gasteiger partial charge in [0.25, 0.3) is 0 Å². The summed E-state index contributed by atoms with van der Waals surface area (Å²) in [5, 5.41) is 15.3. The van der Waals surface area contributed by atoms with Gasteiger partial charge in [-0.25, -0.2) is 0 Å². The summed E-state index contributed by atoms with van der Waals surface area (Å²) < 4.78 is 0. The summed E-state index contributed by atoms with van der Waals surface area (Å²) in [6, 6.07) is 9.55. The lowest BCUT2D eigenvalue weighted by Gasteiger charge is -2.30. The first-order valence-corrected chi connectivity index (χ1v) is 8.24. The molecule has 1 fully saturated rings. The van der Waals surface area contributed by atoms with E-state index in [0.29, 0.717) is 13.0 Å². The molecule has 1 saturated carbocycles. The fourth-order valence-electron chi connectivity index (χ4n) is 3.09. The predicted molar refractivity (Wildman–Crippen MR) is 88.7 cm³/mol. The normalized spacial score (nSPS) is 23.5. The molecule has 1 aliphatic rings. The first-order chi connectivity index (χ1) is 11.0. The molecule has 5 nitrogen and oxygen atoms in total. The van der Waals surface area contributed by atoms with E-state index in [1.807, 2.05) is 37.3 Å². The maximum atomic E-state index is 12.0. The van der Waals surface area contributed by atoms with E-state index in [2.05, 4.69) is 10.6 Å². The number of benzene rings is 1. The summed E-state index contributed by atoms with van der Waals surface area (Å²) in [5.74, 6) is -0.151. The Morgan fingerprint density at radius 3 is 2.70 bits per heavy atom. The van der Waals surface area contributed by atoms with E-state index in [1.165, 1.54) is 0 Å². The summed E-state index contributed by atoms with van der Waals surface area (Å²) in [7, 11) is 0. The molecule has 0 radical (unpaired) electrons. The zero-order valence-electron chi connectivity index (χ0n) is 13.7. The molecule has 0 heterocycles. The SMILES string of the molecule is CC1(CO)CCCC1NC(=O)CCNC(=O)Cc1ccccc1. The number of aliphatic hydroxyl groups excluding tert-OH is 1. The highest BCUT2D eigenvalue weighted by atomic mass is 16.3. The Balaban J connectivity index is 1.68. The molecule has 1 aromatic rings. The number of hydrogen-bond donors (Lipinski definition) is 3. The molecule has 2 amide bonds. The van der Waals surface area contributed by atoms with Crippen molar-refractivity contribution >= 4 is 11.8 Å². The molecule has 126 valence electrons. The van der Waals surface area contributed by atoms with Crippen LogP contribution in [0.5, 0.6) is 0 Å². The average Bonchev–Trinajstić information content (AvgIpc) is 2.90. The van der Waals surface area contributed by atoms with Crippen molar-refractivity contribution in [1.29, 1.82) is 0 Å². The third kappa shape index (κ3) is 5.06. The van der Waals surface area contributed by atoms with Crippen LogP contribution in [0.25, 0.3) is 0 Å². The minimum Gasteiger partial charge on any atom is -0.396 e. The van der Waals surface area contributed by atoms with Crippen LogP contribution in [0.4, 0.5) is 0 Å². The minimum atomic E-state index is -0.216. The Bertz CT molecular complexity index is 532. The van der Waals surface area contributed by atoms with Gasteiger partial charge < -0.3 is 15.7 Å². The van der Waals surface area contributed by atoms with Gasteiger partial charge >= 0.3 is 0 Å². The number of amides is 2. The predicted octanol–water partition coefficient (Wildman–Crippen LogP) is 1.40. The molecule has 2 unspecified atom stereocenters. The summed E-state index contributed by atoms with van der Waals surface area (Å²) in [6.07, 6.45) is 3.45. The second-order valence-corrected chi connectivity index (χ2v) is 6.59. The molecule has 1 aromatic carbocycles. The van der Waals surface area contributed by atoms with Gasteiger partial charge in [-0.05, 0) is 18.4 Å². The van der Waals surface area contributed by atoms with E-state index in [4.69, 9.17) is 0 Å². The van der Waals surface area contributed by atoms with Crippen molar-refractivity contribution in [3.05, 3.63) is 35.9 Å². The molecular formula is C18H26N2O3. The molecule has 1 aliphatic carbocycles. The molecule has 2 atom stereocenters. The monoisotopic (exact) mass is 318 g/mol. The van der Waals surface area contributed by atoms with Crippen molar-refractivity contribution in [2.45, 2.75) is 45.1 Å². The van der Waals surface area contributed by atoms with E-state index in [0.717, 1.165) is 24.8 Å². The fraction of sp³-hybridized carbons (Fsp3) is 0.556. The first-order valence-electron chi connectivity index (χ1n) is 8.24. The highest BCUT2D eigenvalue weighted by molar-refractivity contribution is 5.80. The molecular weight excluding hydrogens is 292 g/mol. The first kappa shape index (κ1) is 17.5. The van der Waals surface area contributed by atoms with Gasteiger partial charge in [0.15, 0.2) is 0 Å². The van der Waals surface area contributed by atoms with Gasteiger partial charge in [0.2, 0.25) is 11.8 Å². The Morgan fingerprint density at radius 1 is 1.26 bits per heavy atom. The Morgan fingerprint density at radius 2 is 2.00 bits per heavy atom. The third-order valence-corrected chi connectivity index (χ3v) is 4.66. The topological polar surface area (TPSA) is 78.4 Å². The Labute approximate surface area is 137 Å². The summed E-state index contributed by atoms with van der Waals surface area (Å²) in [6.45, 7) is 2.43. The van der Waals surface area contributed by atoms with Crippen molar-refractivity contribution in [3.8, 4) is 0 Å². The molecule has 2 rings (SSSR count). The summed E-state index contributed by atoms with van der Waals surface area (Å²) >= 11 is 0. The zero-order chi connectivity index (χ0) is 16.7. The number of aliphatic hydroxyl groups is 1. The van der Waals surface area contributed by atoms with Gasteiger partial charge in [-0.15, -0.1) is 0 Å². The van der Waals surface area contributed by atoms with E-state index in [9.17, 15) is 14.7 Å². The number of carbonyl (C=O) groups excluding carboxylic acids is 2. The number of nitrogens with one attached hydrogen (secondary N) is 2. The molecule has 3 N–H and O–H groups in total. The van der Waals surface area contributed by atoms with E-state index in [-0.39, 0.29) is 36.3 Å². The highest BCUT2D eigenvalue weighted by Gasteiger charge is 2.38. The zero-order valence-corrected chi connectivity index (χ0v) is 13.7. The maximum absolute atomic E-state index is 12.0. The van der Waals surface area contributed by atoms with Crippen LogP contribution in [0.15, 0.2) is 30.3 Å². The van der Waals surface area contributed by atoms with Crippen LogP contribution in [-0.2, 0) is 16.0 Å². The molecule has 0 aliphatic heterocycles. The van der Waals surface area contributed by atoms with Crippen molar-refractivity contribution in [2.75, 3.05) is 13.2 Å². The molecule has 23 heavy (non-hydrogen) atoms. The third-order valence-electron chi connectivity index (χ3n) is 4.66. The van der Waals surface area contributed by atoms with Crippen molar-refractivity contribution in [2.24, 2.45) is 5.41 Å². The average molecular weight is 318 g/mol. The second kappa shape index (κ2) is 8.11. The van der Waals surface area contributed by atoms with Gasteiger partial charge in [0.05, 0.1) is 13.0 Å². The van der Waals surface area contributed by atoms with Gasteiger partial charge in [-0.3, -0.25) is 9.59 Å². The fourth-order valence-corrected chi connectivity index (χ4v) is 3.09. The minimum absolute atomic E-state index is 0.0278. The number of rotatable bonds is 7. The van der Waals surface area contributed by atoms with Crippen LogP contribution < -0.4 is 10.6 Å². The van der Waals surface area contributed by atoms with Crippen molar-refractivity contribution in [1.82, 2.24) is 10.6 Å². The number of hydrogen-bond acceptors (Lipinski definition) is 3. The van der Waals surface area contributed by atoms with Crippen molar-refractivity contribution < 1.29 is 14.7 Å². The van der Waals surface area contributed by atoms with Crippen molar-refractivity contribution in [3.63, 3.8) is 0 Å². The van der Waals surface area contributed by atoms with Gasteiger partial charge in [0.1, 0.15) is 0 Å². The molecule has 0 saturated heterocycles. The van der Waals surface area contributed by atoms with Crippen LogP contribution >= 0.6 is 0 Å². The lowest BCUT2D eigenvalue weighted by molar-refractivity contribution is -0.123. The lowest BCUT2D eigenvalue weighted by Crippen LogP contribution is -2.45. The van der Waals surface area contributed by atoms with Gasteiger partial charge in [-0.1, -0.05) is 43.7 Å². The smallest absolute Gasteiger partial charge is 0.224 e. The van der Waals surface area contributed by atoms with E-state index >= 15 is 0 Å². The second-order valence-electron chi connectivity index (χ2n) is 6.59. The quantitative estimate of drug-likeness (QED) is 0.711. The van der Waals surface area contributed by atoms with Crippen LogP contribution in [0, 0.1) is 5.41 Å². The Hall–Kier alpha value is -1.88. The summed E-state index contributed by atoms with van der Waals surface area (Å²) in [4.78, 5) is 23.8. The van der Waals surface area contributed by atoms with Crippen LogP contribution in [0.1, 0.15) is 38.2 Å². The molecule has 5 heteroatoms. The standard InChI is InChI=1S/C18H26N2O3/c1-18(13-21)10-5-8-15(18)20-16(22)9-11-19-17(23)12-14-6-3-2-4-7-14/h2-4,6-7,15,21H,5,8-13H2,1H3,(H,19,23)(H,20,22). The number of carbonyl (C=O) groups is 2. The van der Waals surface area contributed by atoms with Gasteiger partial charge in [-0.2, -0.15) is 0 Å². The highest BCUT2D eigenvalue weighted by Crippen LogP contribution is 2.37. The van der Waals surface area contributed by atoms with Gasteiger partial charge in [0, 0.05) is 24.4 Å². The molecule has 0 bridgehead atoms. The maximum Gasteiger partial charge on any atom is 0.224 e. The summed E-state index contributed by atoms with van der Waals surface area (Å²) in [5.41, 5.74) is 0.741. The Kier molecular flexibility index (Phi) is 6.16. The molecule has 0 aromatic heterocycles. The molecule has 0 spiro atoms. The lowest BCUT2D eigenvalue weighted by atomic mass is 9.86. The van der Waals surface area contributed by atoms with Crippen LogP contribution in [-0.4, -0.2) is 36.1 Å². The van der Waals surface area contributed by atoms with E-state index < -0.39 is 0 Å².